The van der Waals surface area contributed by atoms with Crippen molar-refractivity contribution < 1.29 is 17.9 Å². The van der Waals surface area contributed by atoms with Gasteiger partial charge in [0.1, 0.15) is 5.75 Å². The van der Waals surface area contributed by atoms with E-state index in [1.165, 1.54) is 35.7 Å². The maximum atomic E-state index is 13.5. The van der Waals surface area contributed by atoms with Crippen molar-refractivity contribution in [1.82, 2.24) is 4.90 Å². The maximum Gasteiger partial charge on any atom is 0.264 e. The largest absolute Gasteiger partial charge is 0.495 e. The molecule has 0 saturated carbocycles. The van der Waals surface area contributed by atoms with E-state index < -0.39 is 10.0 Å². The van der Waals surface area contributed by atoms with Gasteiger partial charge in [-0.1, -0.05) is 29.8 Å². The Kier molecular flexibility index (Phi) is 7.05. The molecule has 1 aliphatic heterocycles. The number of nitrogens with zero attached hydrogens (tertiary/aromatic N) is 2. The highest BCUT2D eigenvalue weighted by atomic mass is 35.5. The Balaban J connectivity index is 2.04. The molecule has 1 fully saturated rings. The number of piperidine rings is 1. The molecule has 0 radical (unpaired) electrons. The van der Waals surface area contributed by atoms with Gasteiger partial charge in [-0.2, -0.15) is 0 Å². The van der Waals surface area contributed by atoms with Gasteiger partial charge in [-0.05, 0) is 49.6 Å². The summed E-state index contributed by atoms with van der Waals surface area (Å²) in [6.07, 6.45) is 4.45. The third-order valence-electron chi connectivity index (χ3n) is 5.05. The highest BCUT2D eigenvalue weighted by molar-refractivity contribution is 7.92. The Hall–Kier alpha value is -2.51. The van der Waals surface area contributed by atoms with Gasteiger partial charge in [0.05, 0.1) is 34.8 Å². The second-order valence-electron chi connectivity index (χ2n) is 6.99. The fourth-order valence-corrected chi connectivity index (χ4v) is 5.17. The van der Waals surface area contributed by atoms with E-state index in [1.54, 1.807) is 29.2 Å². The third kappa shape index (κ3) is 4.47. The summed E-state index contributed by atoms with van der Waals surface area (Å²) >= 11 is 6.27. The smallest absolute Gasteiger partial charge is 0.264 e. The van der Waals surface area contributed by atoms with E-state index >= 15 is 0 Å². The summed E-state index contributed by atoms with van der Waals surface area (Å²) in [5.74, 6) is 0.172. The van der Waals surface area contributed by atoms with Crippen LogP contribution < -0.4 is 9.04 Å². The SMILES string of the molecule is C=CCN(c1ccccc1OC)S(=O)(=O)c1ccc(Cl)c(C(=O)N2CCCCC2)c1. The number of likely N-dealkylation sites (tertiary alicyclic amines) is 1. The summed E-state index contributed by atoms with van der Waals surface area (Å²) < 4.78 is 33.6. The molecule has 1 amide bonds. The predicted molar refractivity (Wildman–Crippen MR) is 119 cm³/mol. The molecule has 0 atom stereocenters. The van der Waals surface area contributed by atoms with Crippen molar-refractivity contribution in [2.24, 2.45) is 0 Å². The van der Waals surface area contributed by atoms with Crippen LogP contribution in [-0.4, -0.2) is 46.0 Å². The second-order valence-corrected chi connectivity index (χ2v) is 9.26. The number of methoxy groups -OCH3 is 1. The van der Waals surface area contributed by atoms with Crippen LogP contribution in [0.1, 0.15) is 29.6 Å². The summed E-state index contributed by atoms with van der Waals surface area (Å²) in [5, 5.41) is 0.233. The molecule has 0 bridgehead atoms. The van der Waals surface area contributed by atoms with Crippen molar-refractivity contribution in [2.45, 2.75) is 24.2 Å². The van der Waals surface area contributed by atoms with E-state index in [0.717, 1.165) is 19.3 Å². The fourth-order valence-electron chi connectivity index (χ4n) is 3.50. The van der Waals surface area contributed by atoms with Crippen LogP contribution in [0.4, 0.5) is 5.69 Å². The number of rotatable bonds is 7. The first-order valence-electron chi connectivity index (χ1n) is 9.75. The van der Waals surface area contributed by atoms with Gasteiger partial charge in [-0.15, -0.1) is 6.58 Å². The molecule has 1 heterocycles. The second kappa shape index (κ2) is 9.53. The number of benzene rings is 2. The van der Waals surface area contributed by atoms with E-state index in [4.69, 9.17) is 16.3 Å². The van der Waals surface area contributed by atoms with Crippen LogP contribution in [0.5, 0.6) is 5.75 Å². The molecule has 0 unspecified atom stereocenters. The van der Waals surface area contributed by atoms with Crippen molar-refractivity contribution in [3.05, 3.63) is 65.7 Å². The minimum Gasteiger partial charge on any atom is -0.495 e. The summed E-state index contributed by atoms with van der Waals surface area (Å²) in [7, 11) is -2.52. The van der Waals surface area contributed by atoms with Crippen molar-refractivity contribution in [3.8, 4) is 5.75 Å². The van der Waals surface area contributed by atoms with Crippen molar-refractivity contribution >= 4 is 33.2 Å². The lowest BCUT2D eigenvalue weighted by molar-refractivity contribution is 0.0724. The molecule has 160 valence electrons. The Morgan fingerprint density at radius 1 is 1.20 bits per heavy atom. The normalized spacial score (nSPS) is 14.3. The van der Waals surface area contributed by atoms with E-state index in [0.29, 0.717) is 24.5 Å². The Morgan fingerprint density at radius 3 is 2.57 bits per heavy atom. The monoisotopic (exact) mass is 448 g/mol. The van der Waals surface area contributed by atoms with E-state index in [-0.39, 0.29) is 27.9 Å². The molecule has 0 spiro atoms. The molecular weight excluding hydrogens is 424 g/mol. The average Bonchev–Trinajstić information content (AvgIpc) is 2.77. The minimum absolute atomic E-state index is 0.0139. The van der Waals surface area contributed by atoms with E-state index in [9.17, 15) is 13.2 Å². The first-order chi connectivity index (χ1) is 14.4. The molecule has 8 heteroatoms. The summed E-state index contributed by atoms with van der Waals surface area (Å²) in [5.41, 5.74) is 0.581. The molecule has 6 nitrogen and oxygen atoms in total. The molecule has 0 aliphatic carbocycles. The number of ether oxygens (including phenoxy) is 1. The molecule has 0 N–H and O–H groups in total. The molecule has 0 aromatic heterocycles. The number of anilines is 1. The zero-order valence-electron chi connectivity index (χ0n) is 16.9. The lowest BCUT2D eigenvalue weighted by atomic mass is 10.1. The molecule has 3 rings (SSSR count). The number of hydrogen-bond donors (Lipinski definition) is 0. The number of sulfonamides is 1. The molecule has 1 aliphatic rings. The van der Waals surface area contributed by atoms with Crippen LogP contribution in [0.2, 0.25) is 5.02 Å². The van der Waals surface area contributed by atoms with Gasteiger partial charge in [-0.3, -0.25) is 9.10 Å². The van der Waals surface area contributed by atoms with E-state index in [1.807, 2.05) is 0 Å². The van der Waals surface area contributed by atoms with Gasteiger partial charge < -0.3 is 9.64 Å². The van der Waals surface area contributed by atoms with Crippen molar-refractivity contribution in [1.29, 1.82) is 0 Å². The number of carbonyl (C=O) groups excluding carboxylic acids is 1. The Bertz CT molecular complexity index is 1030. The zero-order chi connectivity index (χ0) is 21.7. The van der Waals surface area contributed by atoms with Crippen LogP contribution >= 0.6 is 11.6 Å². The quantitative estimate of drug-likeness (QED) is 0.590. The standard InChI is InChI=1S/C22H25ClN2O4S/c1-3-13-25(20-9-5-6-10-21(20)29-2)30(27,28)17-11-12-19(23)18(16-17)22(26)24-14-7-4-8-15-24/h3,5-6,9-12,16H,1,4,7-8,13-15H2,2H3. The summed E-state index contributed by atoms with van der Waals surface area (Å²) in [4.78, 5) is 14.7. The number of hydrogen-bond acceptors (Lipinski definition) is 4. The number of amides is 1. The topological polar surface area (TPSA) is 66.9 Å². The molecular formula is C22H25ClN2O4S. The highest BCUT2D eigenvalue weighted by Gasteiger charge is 2.29. The van der Waals surface area contributed by atoms with Crippen LogP contribution in [0, 0.1) is 0 Å². The first-order valence-corrected chi connectivity index (χ1v) is 11.6. The van der Waals surface area contributed by atoms with Gasteiger partial charge in [0.25, 0.3) is 15.9 Å². The summed E-state index contributed by atoms with van der Waals surface area (Å²) in [6, 6.07) is 11.1. The minimum atomic E-state index is -4.00. The lowest BCUT2D eigenvalue weighted by Gasteiger charge is -2.28. The van der Waals surface area contributed by atoms with Gasteiger partial charge in [-0.25, -0.2) is 8.42 Å². The zero-order valence-corrected chi connectivity index (χ0v) is 18.5. The molecule has 2 aromatic carbocycles. The van der Waals surface area contributed by atoms with Crippen molar-refractivity contribution in [2.75, 3.05) is 31.0 Å². The van der Waals surface area contributed by atoms with Gasteiger partial charge in [0.2, 0.25) is 0 Å². The van der Waals surface area contributed by atoms with E-state index in [2.05, 4.69) is 6.58 Å². The predicted octanol–water partition coefficient (Wildman–Crippen LogP) is 4.36. The van der Waals surface area contributed by atoms with Crippen LogP contribution in [0.15, 0.2) is 60.0 Å². The molecule has 2 aromatic rings. The number of carbonyl (C=O) groups is 1. The Labute approximate surface area is 182 Å². The molecule has 30 heavy (non-hydrogen) atoms. The lowest BCUT2D eigenvalue weighted by Crippen LogP contribution is -2.36. The third-order valence-corrected chi connectivity index (χ3v) is 7.15. The number of halogens is 1. The van der Waals surface area contributed by atoms with Crippen molar-refractivity contribution in [3.63, 3.8) is 0 Å². The Morgan fingerprint density at radius 2 is 1.90 bits per heavy atom. The van der Waals surface area contributed by atoms with Gasteiger partial charge in [0, 0.05) is 13.1 Å². The highest BCUT2D eigenvalue weighted by Crippen LogP contribution is 2.33. The van der Waals surface area contributed by atoms with Gasteiger partial charge >= 0.3 is 0 Å². The first kappa shape index (κ1) is 22.2. The fraction of sp³-hybridized carbons (Fsp3) is 0.318. The van der Waals surface area contributed by atoms with Crippen LogP contribution in [-0.2, 0) is 10.0 Å². The molecule has 1 saturated heterocycles. The average molecular weight is 449 g/mol. The van der Waals surface area contributed by atoms with Crippen LogP contribution in [0.25, 0.3) is 0 Å². The number of para-hydroxylation sites is 2. The summed E-state index contributed by atoms with van der Waals surface area (Å²) in [6.45, 7) is 5.02. The van der Waals surface area contributed by atoms with Crippen LogP contribution in [0.3, 0.4) is 0 Å². The van der Waals surface area contributed by atoms with Gasteiger partial charge in [0.15, 0.2) is 0 Å². The maximum absolute atomic E-state index is 13.5.